The molecule has 2 rings (SSSR count). The number of amides is 1. The maximum absolute atomic E-state index is 11.3. The molecule has 2 heterocycles. The van der Waals surface area contributed by atoms with Crippen molar-refractivity contribution in [2.45, 2.75) is 24.9 Å². The van der Waals surface area contributed by atoms with Gasteiger partial charge < -0.3 is 9.88 Å². The van der Waals surface area contributed by atoms with Crippen molar-refractivity contribution in [3.8, 4) is 0 Å². The Bertz CT molecular complexity index is 428. The molecule has 1 aliphatic heterocycles. The second-order valence-electron chi connectivity index (χ2n) is 3.87. The Hall–Kier alpha value is -1.92. The molecule has 86 valence electrons. The zero-order valence-corrected chi connectivity index (χ0v) is 8.79. The molecule has 2 atom stereocenters. The summed E-state index contributed by atoms with van der Waals surface area (Å²) in [6.45, 7) is 0. The number of nitro groups is 1. The number of aromatic nitrogens is 2. The van der Waals surface area contributed by atoms with Crippen molar-refractivity contribution in [2.24, 2.45) is 7.05 Å². The van der Waals surface area contributed by atoms with Crippen molar-refractivity contribution in [1.29, 1.82) is 0 Å². The minimum atomic E-state index is -0.770. The van der Waals surface area contributed by atoms with Crippen molar-refractivity contribution in [1.82, 2.24) is 14.9 Å². The maximum atomic E-state index is 11.3. The van der Waals surface area contributed by atoms with Crippen LogP contribution in [-0.4, -0.2) is 26.4 Å². The summed E-state index contributed by atoms with van der Waals surface area (Å²) in [5, 5.41) is 13.6. The Kier molecular flexibility index (Phi) is 2.59. The van der Waals surface area contributed by atoms with Gasteiger partial charge in [0.25, 0.3) is 0 Å². The highest BCUT2D eigenvalue weighted by Crippen LogP contribution is 2.25. The largest absolute Gasteiger partial charge is 0.341 e. The smallest absolute Gasteiger partial charge is 0.239 e. The van der Waals surface area contributed by atoms with E-state index in [9.17, 15) is 14.9 Å². The lowest BCUT2D eigenvalue weighted by Crippen LogP contribution is -2.45. The van der Waals surface area contributed by atoms with Crippen LogP contribution in [-0.2, 0) is 11.8 Å². The fourth-order valence-electron chi connectivity index (χ4n) is 1.95. The molecule has 1 saturated heterocycles. The molecule has 0 radical (unpaired) electrons. The average Bonchev–Trinajstić information content (AvgIpc) is 2.63. The molecule has 0 spiro atoms. The van der Waals surface area contributed by atoms with Crippen LogP contribution in [0.4, 0.5) is 0 Å². The van der Waals surface area contributed by atoms with Crippen LogP contribution in [0.25, 0.3) is 0 Å². The summed E-state index contributed by atoms with van der Waals surface area (Å²) in [6.07, 6.45) is 3.59. The SMILES string of the molecule is Cn1cncc1C1NC(=O)CCC1[N+](=O)[O-]. The van der Waals surface area contributed by atoms with Crippen LogP contribution in [0.5, 0.6) is 0 Å². The summed E-state index contributed by atoms with van der Waals surface area (Å²) in [4.78, 5) is 25.8. The molecule has 1 amide bonds. The molecule has 1 aliphatic rings. The quantitative estimate of drug-likeness (QED) is 0.566. The van der Waals surface area contributed by atoms with E-state index in [2.05, 4.69) is 10.3 Å². The summed E-state index contributed by atoms with van der Waals surface area (Å²) in [7, 11) is 1.75. The van der Waals surface area contributed by atoms with Gasteiger partial charge in [-0.2, -0.15) is 0 Å². The number of piperidine rings is 1. The van der Waals surface area contributed by atoms with Gasteiger partial charge in [-0.15, -0.1) is 0 Å². The number of carbonyl (C=O) groups excluding carboxylic acids is 1. The molecule has 7 heteroatoms. The molecular formula is C9H12N4O3. The minimum absolute atomic E-state index is 0.149. The molecular weight excluding hydrogens is 212 g/mol. The topological polar surface area (TPSA) is 90.1 Å². The molecule has 0 aromatic carbocycles. The van der Waals surface area contributed by atoms with Gasteiger partial charge >= 0.3 is 0 Å². The Labute approximate surface area is 91.6 Å². The van der Waals surface area contributed by atoms with E-state index in [0.29, 0.717) is 5.69 Å². The van der Waals surface area contributed by atoms with E-state index in [1.165, 1.54) is 0 Å². The molecule has 1 N–H and O–H groups in total. The standard InChI is InChI=1S/C9H12N4O3/c1-12-5-10-4-7(12)9-6(13(15)16)2-3-8(14)11-9/h4-6,9H,2-3H2,1H3,(H,11,14). The summed E-state index contributed by atoms with van der Waals surface area (Å²) in [6, 6.07) is -1.35. The lowest BCUT2D eigenvalue weighted by Gasteiger charge is -2.26. The van der Waals surface area contributed by atoms with Crippen molar-refractivity contribution < 1.29 is 9.72 Å². The predicted octanol–water partition coefficient (Wildman–Crippen LogP) is 0.0165. The van der Waals surface area contributed by atoms with Crippen LogP contribution in [0.15, 0.2) is 12.5 Å². The van der Waals surface area contributed by atoms with Crippen LogP contribution < -0.4 is 5.32 Å². The Balaban J connectivity index is 2.31. The molecule has 1 aromatic heterocycles. The second kappa shape index (κ2) is 3.92. The first-order chi connectivity index (χ1) is 7.59. The third kappa shape index (κ3) is 1.75. The van der Waals surface area contributed by atoms with E-state index in [0.717, 1.165) is 0 Å². The van der Waals surface area contributed by atoms with Crippen molar-refractivity contribution >= 4 is 5.91 Å². The number of carbonyl (C=O) groups is 1. The van der Waals surface area contributed by atoms with Gasteiger partial charge in [-0.25, -0.2) is 4.98 Å². The fraction of sp³-hybridized carbons (Fsp3) is 0.556. The van der Waals surface area contributed by atoms with E-state index < -0.39 is 12.1 Å². The van der Waals surface area contributed by atoms with Gasteiger partial charge in [0.2, 0.25) is 11.9 Å². The summed E-state index contributed by atoms with van der Waals surface area (Å²) in [5.41, 5.74) is 0.662. The van der Waals surface area contributed by atoms with Gasteiger partial charge in [0.1, 0.15) is 6.04 Å². The van der Waals surface area contributed by atoms with Crippen molar-refractivity contribution in [3.63, 3.8) is 0 Å². The Morgan fingerprint density at radius 1 is 1.69 bits per heavy atom. The average molecular weight is 224 g/mol. The zero-order chi connectivity index (χ0) is 11.7. The highest BCUT2D eigenvalue weighted by atomic mass is 16.6. The van der Waals surface area contributed by atoms with Gasteiger partial charge in [0.05, 0.1) is 18.2 Å². The third-order valence-corrected chi connectivity index (χ3v) is 2.81. The van der Waals surface area contributed by atoms with E-state index >= 15 is 0 Å². The molecule has 7 nitrogen and oxygen atoms in total. The highest BCUT2D eigenvalue weighted by molar-refractivity contribution is 5.77. The number of nitrogens with zero attached hydrogens (tertiary/aromatic N) is 3. The first kappa shape index (κ1) is 10.6. The minimum Gasteiger partial charge on any atom is -0.341 e. The number of imidazole rings is 1. The first-order valence-electron chi connectivity index (χ1n) is 4.98. The van der Waals surface area contributed by atoms with Crippen LogP contribution in [0, 0.1) is 10.1 Å². The summed E-state index contributed by atoms with van der Waals surface area (Å²) < 4.78 is 1.69. The van der Waals surface area contributed by atoms with Gasteiger partial charge in [0.15, 0.2) is 0 Å². The van der Waals surface area contributed by atoms with E-state index in [-0.39, 0.29) is 23.7 Å². The normalized spacial score (nSPS) is 25.2. The van der Waals surface area contributed by atoms with Gasteiger partial charge in [-0.1, -0.05) is 0 Å². The predicted molar refractivity (Wildman–Crippen MR) is 54.1 cm³/mol. The first-order valence-corrected chi connectivity index (χ1v) is 4.98. The van der Waals surface area contributed by atoms with Crippen LogP contribution in [0.1, 0.15) is 24.6 Å². The fourth-order valence-corrected chi connectivity index (χ4v) is 1.95. The van der Waals surface area contributed by atoms with Crippen LogP contribution in [0.3, 0.4) is 0 Å². The molecule has 1 fully saturated rings. The Morgan fingerprint density at radius 2 is 2.44 bits per heavy atom. The van der Waals surface area contributed by atoms with Crippen molar-refractivity contribution in [3.05, 3.63) is 28.3 Å². The third-order valence-electron chi connectivity index (χ3n) is 2.81. The van der Waals surface area contributed by atoms with E-state index in [1.807, 2.05) is 0 Å². The van der Waals surface area contributed by atoms with Crippen LogP contribution >= 0.6 is 0 Å². The van der Waals surface area contributed by atoms with Gasteiger partial charge in [-0.3, -0.25) is 14.9 Å². The lowest BCUT2D eigenvalue weighted by molar-refractivity contribution is -0.530. The zero-order valence-electron chi connectivity index (χ0n) is 8.79. The second-order valence-corrected chi connectivity index (χ2v) is 3.87. The molecule has 0 bridgehead atoms. The van der Waals surface area contributed by atoms with Crippen LogP contribution in [0.2, 0.25) is 0 Å². The lowest BCUT2D eigenvalue weighted by atomic mass is 9.96. The number of nitrogens with one attached hydrogen (secondary N) is 1. The Morgan fingerprint density at radius 3 is 3.00 bits per heavy atom. The highest BCUT2D eigenvalue weighted by Gasteiger charge is 2.39. The van der Waals surface area contributed by atoms with E-state index in [4.69, 9.17) is 0 Å². The summed E-state index contributed by atoms with van der Waals surface area (Å²) >= 11 is 0. The number of hydrogen-bond acceptors (Lipinski definition) is 4. The molecule has 16 heavy (non-hydrogen) atoms. The molecule has 0 saturated carbocycles. The molecule has 2 unspecified atom stereocenters. The molecule has 1 aromatic rings. The van der Waals surface area contributed by atoms with Gasteiger partial charge in [-0.05, 0) is 0 Å². The van der Waals surface area contributed by atoms with E-state index in [1.54, 1.807) is 24.1 Å². The van der Waals surface area contributed by atoms with Crippen molar-refractivity contribution in [2.75, 3.05) is 0 Å². The maximum Gasteiger partial charge on any atom is 0.239 e. The number of hydrogen-bond donors (Lipinski definition) is 1. The number of aryl methyl sites for hydroxylation is 1. The summed E-state index contributed by atoms with van der Waals surface area (Å²) in [5.74, 6) is -0.149. The monoisotopic (exact) mass is 224 g/mol. The molecule has 0 aliphatic carbocycles. The van der Waals surface area contributed by atoms with Gasteiger partial charge in [0, 0.05) is 24.8 Å². The number of rotatable bonds is 2.